The molecule has 0 saturated carbocycles. The van der Waals surface area contributed by atoms with Crippen LogP contribution in [0.1, 0.15) is 41.5 Å². The van der Waals surface area contributed by atoms with Crippen LogP contribution in [0.2, 0.25) is 0 Å². The fraction of sp³-hybridized carbons (Fsp3) is 0.167. The van der Waals surface area contributed by atoms with Crippen molar-refractivity contribution in [3.8, 4) is 11.6 Å². The molecule has 0 unspecified atom stereocenters. The third-order valence-electron chi connectivity index (χ3n) is 4.13. The molecule has 0 aliphatic heterocycles. The molecule has 0 fully saturated rings. The number of carbonyl (C=O) groups excluding carboxylic acids is 3. The summed E-state index contributed by atoms with van der Waals surface area (Å²) in [5, 5.41) is 5.34. The minimum Gasteiger partial charge on any atom is -0.444 e. The molecule has 0 bridgehead atoms. The molecular weight excluding hydrogens is 424 g/mol. The average molecular weight is 448 g/mol. The van der Waals surface area contributed by atoms with E-state index in [1.54, 1.807) is 75.4 Å². The van der Waals surface area contributed by atoms with Gasteiger partial charge in [-0.2, -0.15) is 0 Å². The molecule has 3 rings (SSSR count). The van der Waals surface area contributed by atoms with E-state index in [-0.39, 0.29) is 11.8 Å². The van der Waals surface area contributed by atoms with Crippen molar-refractivity contribution in [2.45, 2.75) is 26.4 Å². The van der Waals surface area contributed by atoms with E-state index < -0.39 is 17.6 Å². The summed E-state index contributed by atoms with van der Waals surface area (Å²) in [6, 6.07) is 16.0. The number of nitrogens with two attached hydrogens (primary N) is 1. The van der Waals surface area contributed by atoms with E-state index >= 15 is 0 Å². The zero-order valence-corrected chi connectivity index (χ0v) is 18.4. The summed E-state index contributed by atoms with van der Waals surface area (Å²) >= 11 is 0. The van der Waals surface area contributed by atoms with E-state index in [0.717, 1.165) is 0 Å². The molecule has 0 spiro atoms. The van der Waals surface area contributed by atoms with Gasteiger partial charge < -0.3 is 20.5 Å². The fourth-order valence-corrected chi connectivity index (χ4v) is 2.68. The number of rotatable bonds is 6. The van der Waals surface area contributed by atoms with Gasteiger partial charge in [-0.3, -0.25) is 14.9 Å². The molecule has 0 aliphatic carbocycles. The molecular formula is C24H24N4O5. The molecule has 0 saturated heterocycles. The van der Waals surface area contributed by atoms with Crippen molar-refractivity contribution in [3.63, 3.8) is 0 Å². The molecule has 4 N–H and O–H groups in total. The predicted molar refractivity (Wildman–Crippen MR) is 124 cm³/mol. The van der Waals surface area contributed by atoms with Crippen molar-refractivity contribution in [1.82, 2.24) is 4.98 Å². The Morgan fingerprint density at radius 3 is 2.18 bits per heavy atom. The van der Waals surface area contributed by atoms with E-state index in [0.29, 0.717) is 28.3 Å². The lowest BCUT2D eigenvalue weighted by Crippen LogP contribution is -2.27. The summed E-state index contributed by atoms with van der Waals surface area (Å²) in [4.78, 5) is 39.7. The number of amides is 3. The Morgan fingerprint density at radius 1 is 0.879 bits per heavy atom. The summed E-state index contributed by atoms with van der Waals surface area (Å²) in [6.45, 7) is 5.32. The normalized spacial score (nSPS) is 10.8. The Morgan fingerprint density at radius 2 is 1.58 bits per heavy atom. The van der Waals surface area contributed by atoms with E-state index in [4.69, 9.17) is 15.2 Å². The number of primary amides is 1. The summed E-state index contributed by atoms with van der Waals surface area (Å²) in [5.74, 6) is -0.202. The predicted octanol–water partition coefficient (Wildman–Crippen LogP) is 4.57. The number of carbonyl (C=O) groups is 3. The lowest BCUT2D eigenvalue weighted by atomic mass is 10.2. The standard InChI is InChI=1S/C24H24N4O5/c1-24(2,3)33-23(31)28-17-9-7-15(8-10-17)22(30)27-18-11-12-20(26-14-18)32-19-6-4-5-16(13-19)21(25)29/h4-14H,1-3H3,(H2,25,29)(H,27,30)(H,28,31). The molecule has 9 heteroatoms. The van der Waals surface area contributed by atoms with Gasteiger partial charge in [-0.25, -0.2) is 9.78 Å². The highest BCUT2D eigenvalue weighted by molar-refractivity contribution is 6.04. The van der Waals surface area contributed by atoms with Gasteiger partial charge >= 0.3 is 6.09 Å². The SMILES string of the molecule is CC(C)(C)OC(=O)Nc1ccc(C(=O)Nc2ccc(Oc3cccc(C(N)=O)c3)nc2)cc1. The average Bonchev–Trinajstić information content (AvgIpc) is 2.74. The van der Waals surface area contributed by atoms with Crippen LogP contribution in [0, 0.1) is 0 Å². The van der Waals surface area contributed by atoms with Crippen LogP contribution in [0.4, 0.5) is 16.2 Å². The first-order valence-corrected chi connectivity index (χ1v) is 10.0. The maximum absolute atomic E-state index is 12.5. The monoisotopic (exact) mass is 448 g/mol. The Hall–Kier alpha value is -4.40. The van der Waals surface area contributed by atoms with Crippen LogP contribution in [0.25, 0.3) is 0 Å². The van der Waals surface area contributed by atoms with Crippen LogP contribution >= 0.6 is 0 Å². The van der Waals surface area contributed by atoms with Gasteiger partial charge in [0.2, 0.25) is 11.8 Å². The number of pyridine rings is 1. The molecule has 2 aromatic carbocycles. The largest absolute Gasteiger partial charge is 0.444 e. The number of nitrogens with one attached hydrogen (secondary N) is 2. The van der Waals surface area contributed by atoms with Crippen molar-refractivity contribution in [1.29, 1.82) is 0 Å². The number of aromatic nitrogens is 1. The van der Waals surface area contributed by atoms with Crippen LogP contribution in [0.5, 0.6) is 11.6 Å². The van der Waals surface area contributed by atoms with Crippen LogP contribution in [-0.4, -0.2) is 28.5 Å². The Kier molecular flexibility index (Phi) is 6.92. The Bertz CT molecular complexity index is 1150. The molecule has 0 atom stereocenters. The van der Waals surface area contributed by atoms with Crippen molar-refractivity contribution < 1.29 is 23.9 Å². The van der Waals surface area contributed by atoms with Gasteiger partial charge in [-0.1, -0.05) is 6.07 Å². The van der Waals surface area contributed by atoms with Gasteiger partial charge in [-0.15, -0.1) is 0 Å². The van der Waals surface area contributed by atoms with Crippen molar-refractivity contribution in [2.24, 2.45) is 5.73 Å². The van der Waals surface area contributed by atoms with Gasteiger partial charge in [0.05, 0.1) is 11.9 Å². The molecule has 33 heavy (non-hydrogen) atoms. The number of hydrogen-bond acceptors (Lipinski definition) is 6. The molecule has 1 aromatic heterocycles. The highest BCUT2D eigenvalue weighted by Crippen LogP contribution is 2.22. The summed E-state index contributed by atoms with van der Waals surface area (Å²) in [6.07, 6.45) is 0.873. The molecule has 0 aliphatic rings. The quantitative estimate of drug-likeness (QED) is 0.506. The molecule has 3 aromatic rings. The molecule has 170 valence electrons. The van der Waals surface area contributed by atoms with E-state index in [1.165, 1.54) is 12.3 Å². The summed E-state index contributed by atoms with van der Waals surface area (Å²) in [7, 11) is 0. The first-order chi connectivity index (χ1) is 15.6. The Labute approximate surface area is 190 Å². The second-order valence-electron chi connectivity index (χ2n) is 8.04. The second kappa shape index (κ2) is 9.82. The third-order valence-corrected chi connectivity index (χ3v) is 4.13. The smallest absolute Gasteiger partial charge is 0.412 e. The van der Waals surface area contributed by atoms with E-state index in [2.05, 4.69) is 15.6 Å². The molecule has 3 amide bonds. The summed E-state index contributed by atoms with van der Waals surface area (Å²) in [5.41, 5.74) is 6.35. The van der Waals surface area contributed by atoms with Crippen LogP contribution in [0.15, 0.2) is 66.9 Å². The zero-order valence-electron chi connectivity index (χ0n) is 18.4. The molecule has 0 radical (unpaired) electrons. The van der Waals surface area contributed by atoms with Crippen molar-refractivity contribution in [2.75, 3.05) is 10.6 Å². The maximum Gasteiger partial charge on any atom is 0.412 e. The van der Waals surface area contributed by atoms with Crippen LogP contribution < -0.4 is 21.1 Å². The van der Waals surface area contributed by atoms with Gasteiger partial charge in [0, 0.05) is 22.9 Å². The highest BCUT2D eigenvalue weighted by Gasteiger charge is 2.16. The van der Waals surface area contributed by atoms with Gasteiger partial charge in [0.15, 0.2) is 0 Å². The van der Waals surface area contributed by atoms with E-state index in [1.807, 2.05) is 0 Å². The fourth-order valence-electron chi connectivity index (χ4n) is 2.68. The van der Waals surface area contributed by atoms with E-state index in [9.17, 15) is 14.4 Å². The van der Waals surface area contributed by atoms with Gasteiger partial charge in [0.1, 0.15) is 11.4 Å². The summed E-state index contributed by atoms with van der Waals surface area (Å²) < 4.78 is 10.8. The number of ether oxygens (including phenoxy) is 2. The topological polar surface area (TPSA) is 133 Å². The first kappa shape index (κ1) is 23.3. The lowest BCUT2D eigenvalue weighted by Gasteiger charge is -2.19. The molecule has 1 heterocycles. The minimum atomic E-state index is -0.605. The van der Waals surface area contributed by atoms with Crippen LogP contribution in [0.3, 0.4) is 0 Å². The number of hydrogen-bond donors (Lipinski definition) is 3. The number of anilines is 2. The van der Waals surface area contributed by atoms with Crippen molar-refractivity contribution >= 4 is 29.3 Å². The lowest BCUT2D eigenvalue weighted by molar-refractivity contribution is 0.0635. The van der Waals surface area contributed by atoms with Crippen molar-refractivity contribution in [3.05, 3.63) is 78.0 Å². The maximum atomic E-state index is 12.5. The zero-order chi connectivity index (χ0) is 24.0. The minimum absolute atomic E-state index is 0.284. The van der Waals surface area contributed by atoms with Gasteiger partial charge in [0.25, 0.3) is 5.91 Å². The first-order valence-electron chi connectivity index (χ1n) is 10.0. The third kappa shape index (κ3) is 7.06. The highest BCUT2D eigenvalue weighted by atomic mass is 16.6. The number of nitrogens with zero attached hydrogens (tertiary/aromatic N) is 1. The molecule has 9 nitrogen and oxygen atoms in total. The Balaban J connectivity index is 1.57. The van der Waals surface area contributed by atoms with Gasteiger partial charge in [-0.05, 0) is 69.3 Å². The second-order valence-corrected chi connectivity index (χ2v) is 8.04. The van der Waals surface area contributed by atoms with Crippen LogP contribution in [-0.2, 0) is 4.74 Å². The number of benzene rings is 2.